The minimum Gasteiger partial charge on any atom is -0.399 e. The second-order valence-corrected chi connectivity index (χ2v) is 5.84. The van der Waals surface area contributed by atoms with Crippen LogP contribution >= 0.6 is 27.5 Å². The fraction of sp³-hybridized carbons (Fsp3) is 0.133. The Morgan fingerprint density at radius 3 is 2.57 bits per heavy atom. The van der Waals surface area contributed by atoms with Crippen molar-refractivity contribution in [2.75, 3.05) is 12.3 Å². The molecule has 0 fully saturated rings. The summed E-state index contributed by atoms with van der Waals surface area (Å²) in [4.78, 5) is 12.0. The smallest absolute Gasteiger partial charge is 0.252 e. The maximum absolute atomic E-state index is 12.0. The average molecular weight is 370 g/mol. The van der Waals surface area contributed by atoms with E-state index in [1.807, 2.05) is 0 Å². The Labute approximate surface area is 136 Å². The molecule has 0 heterocycles. The third-order valence-corrected chi connectivity index (χ3v) is 3.76. The monoisotopic (exact) mass is 368 g/mol. The zero-order valence-corrected chi connectivity index (χ0v) is 13.4. The molecule has 2 aromatic rings. The van der Waals surface area contributed by atoms with E-state index in [0.29, 0.717) is 21.8 Å². The number of halogens is 2. The van der Waals surface area contributed by atoms with E-state index >= 15 is 0 Å². The van der Waals surface area contributed by atoms with Crippen molar-refractivity contribution >= 4 is 39.1 Å². The molecule has 0 aliphatic carbocycles. The zero-order chi connectivity index (χ0) is 15.4. The van der Waals surface area contributed by atoms with E-state index in [2.05, 4.69) is 21.2 Å². The predicted molar refractivity (Wildman–Crippen MR) is 87.3 cm³/mol. The predicted octanol–water partition coefficient (Wildman–Crippen LogP) is 3.15. The minimum absolute atomic E-state index is 0.0924. The van der Waals surface area contributed by atoms with E-state index in [4.69, 9.17) is 17.3 Å². The summed E-state index contributed by atoms with van der Waals surface area (Å²) in [6, 6.07) is 11.8. The van der Waals surface area contributed by atoms with Crippen LogP contribution in [0.2, 0.25) is 5.02 Å². The van der Waals surface area contributed by atoms with Crippen LogP contribution in [-0.2, 0) is 0 Å². The molecule has 0 radical (unpaired) electrons. The van der Waals surface area contributed by atoms with E-state index in [9.17, 15) is 9.90 Å². The SMILES string of the molecule is Nc1ccc(C(O)CNC(=O)c2ccc(Br)cc2Cl)cc1. The first-order valence-electron chi connectivity index (χ1n) is 6.24. The molecule has 4 N–H and O–H groups in total. The van der Waals surface area contributed by atoms with Crippen LogP contribution in [0.15, 0.2) is 46.9 Å². The zero-order valence-electron chi connectivity index (χ0n) is 11.0. The van der Waals surface area contributed by atoms with Gasteiger partial charge in [0.2, 0.25) is 0 Å². The molecule has 0 saturated carbocycles. The minimum atomic E-state index is -0.802. The summed E-state index contributed by atoms with van der Waals surface area (Å²) in [5.74, 6) is -0.331. The summed E-state index contributed by atoms with van der Waals surface area (Å²) in [7, 11) is 0. The summed E-state index contributed by atoms with van der Waals surface area (Å²) in [5.41, 5.74) is 7.26. The van der Waals surface area contributed by atoms with Gasteiger partial charge in [0, 0.05) is 16.7 Å². The average Bonchev–Trinajstić information content (AvgIpc) is 2.45. The quantitative estimate of drug-likeness (QED) is 0.725. The lowest BCUT2D eigenvalue weighted by atomic mass is 10.1. The van der Waals surface area contributed by atoms with Crippen molar-refractivity contribution < 1.29 is 9.90 Å². The van der Waals surface area contributed by atoms with Gasteiger partial charge in [0.1, 0.15) is 0 Å². The molecule has 21 heavy (non-hydrogen) atoms. The molecule has 2 rings (SSSR count). The molecule has 0 spiro atoms. The van der Waals surface area contributed by atoms with Gasteiger partial charge in [-0.25, -0.2) is 0 Å². The lowest BCUT2D eigenvalue weighted by Crippen LogP contribution is -2.28. The van der Waals surface area contributed by atoms with E-state index in [0.717, 1.165) is 4.47 Å². The molecule has 1 atom stereocenters. The van der Waals surface area contributed by atoms with Crippen LogP contribution < -0.4 is 11.1 Å². The Bertz CT molecular complexity index is 647. The fourth-order valence-corrected chi connectivity index (χ4v) is 2.55. The van der Waals surface area contributed by atoms with Crippen molar-refractivity contribution in [2.45, 2.75) is 6.10 Å². The third-order valence-electron chi connectivity index (χ3n) is 2.95. The van der Waals surface area contributed by atoms with Crippen molar-refractivity contribution in [3.05, 3.63) is 63.1 Å². The molecule has 4 nitrogen and oxygen atoms in total. The first-order valence-corrected chi connectivity index (χ1v) is 7.41. The number of nitrogen functional groups attached to an aromatic ring is 1. The molecule has 1 unspecified atom stereocenters. The van der Waals surface area contributed by atoms with Gasteiger partial charge in [0.25, 0.3) is 5.91 Å². The number of rotatable bonds is 4. The number of benzene rings is 2. The Morgan fingerprint density at radius 2 is 1.95 bits per heavy atom. The first kappa shape index (κ1) is 15.8. The number of aliphatic hydroxyl groups excluding tert-OH is 1. The molecular formula is C15H14BrClN2O2. The van der Waals surface area contributed by atoms with Gasteiger partial charge in [0.05, 0.1) is 16.7 Å². The lowest BCUT2D eigenvalue weighted by Gasteiger charge is -2.13. The molecule has 0 saturated heterocycles. The molecule has 6 heteroatoms. The maximum Gasteiger partial charge on any atom is 0.252 e. The molecule has 0 aromatic heterocycles. The molecule has 0 bridgehead atoms. The van der Waals surface area contributed by atoms with Gasteiger partial charge in [-0.15, -0.1) is 0 Å². The Hall–Kier alpha value is -1.56. The summed E-state index contributed by atoms with van der Waals surface area (Å²) in [6.45, 7) is 0.0924. The highest BCUT2D eigenvalue weighted by Gasteiger charge is 2.13. The van der Waals surface area contributed by atoms with Crippen molar-refractivity contribution in [2.24, 2.45) is 0 Å². The molecule has 0 aliphatic rings. The summed E-state index contributed by atoms with van der Waals surface area (Å²) in [5, 5.41) is 13.0. The van der Waals surface area contributed by atoms with Gasteiger partial charge in [-0.3, -0.25) is 4.79 Å². The Morgan fingerprint density at radius 1 is 1.29 bits per heavy atom. The van der Waals surface area contributed by atoms with E-state index in [1.54, 1.807) is 42.5 Å². The number of nitrogens with two attached hydrogens (primary N) is 1. The van der Waals surface area contributed by atoms with E-state index in [1.165, 1.54) is 0 Å². The maximum atomic E-state index is 12.0. The van der Waals surface area contributed by atoms with Crippen LogP contribution in [0.5, 0.6) is 0 Å². The van der Waals surface area contributed by atoms with Gasteiger partial charge in [-0.2, -0.15) is 0 Å². The van der Waals surface area contributed by atoms with Crippen LogP contribution in [0.25, 0.3) is 0 Å². The summed E-state index contributed by atoms with van der Waals surface area (Å²) < 4.78 is 0.797. The normalized spacial score (nSPS) is 12.0. The van der Waals surface area contributed by atoms with E-state index in [-0.39, 0.29) is 12.5 Å². The highest BCUT2D eigenvalue weighted by molar-refractivity contribution is 9.10. The van der Waals surface area contributed by atoms with Crippen LogP contribution in [0.1, 0.15) is 22.0 Å². The summed E-state index contributed by atoms with van der Waals surface area (Å²) >= 11 is 9.28. The highest BCUT2D eigenvalue weighted by Crippen LogP contribution is 2.21. The van der Waals surface area contributed by atoms with Crippen LogP contribution in [0.3, 0.4) is 0 Å². The standard InChI is InChI=1S/C15H14BrClN2O2/c16-10-3-6-12(13(17)7-10)15(21)19-8-14(20)9-1-4-11(18)5-2-9/h1-7,14,20H,8,18H2,(H,19,21). The molecular weight excluding hydrogens is 356 g/mol. The van der Waals surface area contributed by atoms with Gasteiger partial charge >= 0.3 is 0 Å². The molecule has 2 aromatic carbocycles. The van der Waals surface area contributed by atoms with Crippen molar-refractivity contribution in [1.29, 1.82) is 0 Å². The number of nitrogens with one attached hydrogen (secondary N) is 1. The summed E-state index contributed by atoms with van der Waals surface area (Å²) in [6.07, 6.45) is -0.802. The number of amides is 1. The number of carbonyl (C=O) groups excluding carboxylic acids is 1. The number of hydrogen-bond acceptors (Lipinski definition) is 3. The molecule has 110 valence electrons. The highest BCUT2D eigenvalue weighted by atomic mass is 79.9. The van der Waals surface area contributed by atoms with Crippen LogP contribution in [0.4, 0.5) is 5.69 Å². The third kappa shape index (κ3) is 4.20. The Kier molecular flexibility index (Phi) is 5.22. The first-order chi connectivity index (χ1) is 9.97. The largest absolute Gasteiger partial charge is 0.399 e. The molecule has 0 aliphatic heterocycles. The van der Waals surface area contributed by atoms with Crippen LogP contribution in [0, 0.1) is 0 Å². The van der Waals surface area contributed by atoms with Gasteiger partial charge in [-0.05, 0) is 35.9 Å². The number of anilines is 1. The van der Waals surface area contributed by atoms with Crippen molar-refractivity contribution in [3.8, 4) is 0 Å². The number of aliphatic hydroxyl groups is 1. The lowest BCUT2D eigenvalue weighted by molar-refractivity contribution is 0.0916. The van der Waals surface area contributed by atoms with Gasteiger partial charge < -0.3 is 16.2 Å². The van der Waals surface area contributed by atoms with Crippen LogP contribution in [-0.4, -0.2) is 17.6 Å². The van der Waals surface area contributed by atoms with E-state index < -0.39 is 6.10 Å². The second-order valence-electron chi connectivity index (χ2n) is 4.52. The van der Waals surface area contributed by atoms with Crippen molar-refractivity contribution in [1.82, 2.24) is 5.32 Å². The second kappa shape index (κ2) is 6.93. The molecule has 1 amide bonds. The Balaban J connectivity index is 1.99. The van der Waals surface area contributed by atoms with Gasteiger partial charge in [-0.1, -0.05) is 39.7 Å². The van der Waals surface area contributed by atoms with Crippen molar-refractivity contribution in [3.63, 3.8) is 0 Å². The fourth-order valence-electron chi connectivity index (χ4n) is 1.79. The number of carbonyl (C=O) groups is 1. The van der Waals surface area contributed by atoms with Gasteiger partial charge in [0.15, 0.2) is 0 Å². The number of hydrogen-bond donors (Lipinski definition) is 3. The topological polar surface area (TPSA) is 75.3 Å².